The molecule has 1 heterocycles. The van der Waals surface area contributed by atoms with Crippen molar-refractivity contribution in [1.82, 2.24) is 9.97 Å². The van der Waals surface area contributed by atoms with E-state index in [0.29, 0.717) is 10.8 Å². The summed E-state index contributed by atoms with van der Waals surface area (Å²) in [5.74, 6) is 0.370. The third-order valence-electron chi connectivity index (χ3n) is 4.28. The van der Waals surface area contributed by atoms with Crippen LogP contribution >= 0.6 is 12.2 Å². The summed E-state index contributed by atoms with van der Waals surface area (Å²) in [6.45, 7) is 4.07. The monoisotopic (exact) mass is 443 g/mol. The van der Waals surface area contributed by atoms with Crippen molar-refractivity contribution in [2.45, 2.75) is 18.7 Å². The van der Waals surface area contributed by atoms with E-state index in [0.717, 1.165) is 11.3 Å². The minimum atomic E-state index is -3.81. The molecule has 0 saturated heterocycles. The summed E-state index contributed by atoms with van der Waals surface area (Å²) >= 11 is 5.33. The first-order valence-electron chi connectivity index (χ1n) is 8.91. The van der Waals surface area contributed by atoms with Crippen LogP contribution in [0.4, 0.5) is 17.2 Å². The van der Waals surface area contributed by atoms with Gasteiger partial charge in [0.25, 0.3) is 10.0 Å². The summed E-state index contributed by atoms with van der Waals surface area (Å²) in [6, 6.07) is 13.6. The van der Waals surface area contributed by atoms with Gasteiger partial charge in [0.1, 0.15) is 12.1 Å². The van der Waals surface area contributed by atoms with E-state index in [4.69, 9.17) is 17.0 Å². The molecule has 1 aromatic heterocycles. The molecule has 0 spiro atoms. The zero-order valence-corrected chi connectivity index (χ0v) is 18.3. The van der Waals surface area contributed by atoms with Gasteiger partial charge in [-0.3, -0.25) is 4.72 Å². The molecule has 0 fully saturated rings. The minimum Gasteiger partial charge on any atom is -0.481 e. The normalized spacial score (nSPS) is 10.9. The fraction of sp³-hybridized carbons (Fsp3) is 0.150. The zero-order chi connectivity index (χ0) is 21.7. The lowest BCUT2D eigenvalue weighted by atomic mass is 10.1. The third-order valence-corrected chi connectivity index (χ3v) is 5.85. The van der Waals surface area contributed by atoms with Gasteiger partial charge in [-0.05, 0) is 73.6 Å². The lowest BCUT2D eigenvalue weighted by Gasteiger charge is -2.12. The number of anilines is 3. The molecular formula is C20H21N5O3S2. The van der Waals surface area contributed by atoms with Crippen LogP contribution in [-0.2, 0) is 10.0 Å². The molecule has 156 valence electrons. The Balaban J connectivity index is 1.66. The molecule has 0 radical (unpaired) electrons. The van der Waals surface area contributed by atoms with Gasteiger partial charge < -0.3 is 15.4 Å². The summed E-state index contributed by atoms with van der Waals surface area (Å²) in [4.78, 5) is 7.81. The van der Waals surface area contributed by atoms with Gasteiger partial charge in [0.05, 0.1) is 12.0 Å². The fourth-order valence-corrected chi connectivity index (χ4v) is 3.77. The first-order valence-corrected chi connectivity index (χ1v) is 10.8. The smallest absolute Gasteiger partial charge is 0.263 e. The number of benzene rings is 2. The standard InChI is InChI=1S/C20H21N5O3S2/c1-13-4-5-16(10-14(13)2)24-20(29)23-15-6-8-17(9-7-15)30(26,27)25-18-11-19(28-3)22-12-21-18/h4-12H,1-3H3,(H,21,22,25)(H2,23,24,29). The van der Waals surface area contributed by atoms with Gasteiger partial charge in [0, 0.05) is 17.4 Å². The molecule has 10 heteroatoms. The number of sulfonamides is 1. The molecule has 3 N–H and O–H groups in total. The highest BCUT2D eigenvalue weighted by Crippen LogP contribution is 2.19. The number of aromatic nitrogens is 2. The van der Waals surface area contributed by atoms with Crippen molar-refractivity contribution in [3.8, 4) is 5.88 Å². The number of nitrogens with one attached hydrogen (secondary N) is 3. The van der Waals surface area contributed by atoms with Gasteiger partial charge in [-0.1, -0.05) is 6.07 Å². The molecular weight excluding hydrogens is 422 g/mol. The molecule has 8 nitrogen and oxygen atoms in total. The highest BCUT2D eigenvalue weighted by atomic mass is 32.2. The Morgan fingerprint density at radius 3 is 2.27 bits per heavy atom. The van der Waals surface area contributed by atoms with E-state index in [9.17, 15) is 8.42 Å². The van der Waals surface area contributed by atoms with Gasteiger partial charge in [-0.15, -0.1) is 0 Å². The molecule has 3 rings (SSSR count). The van der Waals surface area contributed by atoms with Crippen LogP contribution in [0.3, 0.4) is 0 Å². The summed E-state index contributed by atoms with van der Waals surface area (Å²) in [6.07, 6.45) is 1.22. The fourth-order valence-electron chi connectivity index (χ4n) is 2.53. The number of hydrogen-bond acceptors (Lipinski definition) is 6. The van der Waals surface area contributed by atoms with Gasteiger partial charge in [-0.25, -0.2) is 18.4 Å². The van der Waals surface area contributed by atoms with E-state index in [1.54, 1.807) is 12.1 Å². The molecule has 2 aromatic carbocycles. The van der Waals surface area contributed by atoms with Crippen LogP contribution in [0.1, 0.15) is 11.1 Å². The number of methoxy groups -OCH3 is 1. The third kappa shape index (κ3) is 5.43. The number of rotatable bonds is 6. The summed E-state index contributed by atoms with van der Waals surface area (Å²) in [5.41, 5.74) is 3.88. The van der Waals surface area contributed by atoms with Crippen LogP contribution in [-0.4, -0.2) is 30.6 Å². The average molecular weight is 444 g/mol. The van der Waals surface area contributed by atoms with Crippen LogP contribution in [0.2, 0.25) is 0 Å². The van der Waals surface area contributed by atoms with E-state index in [1.165, 1.54) is 37.2 Å². The van der Waals surface area contributed by atoms with Gasteiger partial charge in [0.15, 0.2) is 5.11 Å². The first-order chi connectivity index (χ1) is 14.3. The van der Waals surface area contributed by atoms with Gasteiger partial charge >= 0.3 is 0 Å². The Bertz CT molecular complexity index is 1170. The molecule has 0 saturated carbocycles. The maximum Gasteiger partial charge on any atom is 0.263 e. The predicted octanol–water partition coefficient (Wildman–Crippen LogP) is 3.71. The molecule has 0 unspecified atom stereocenters. The molecule has 3 aromatic rings. The number of aryl methyl sites for hydroxylation is 2. The van der Waals surface area contributed by atoms with Crippen molar-refractivity contribution in [3.05, 3.63) is 66.0 Å². The second-order valence-electron chi connectivity index (χ2n) is 6.45. The maximum absolute atomic E-state index is 12.6. The Hall–Kier alpha value is -3.24. The maximum atomic E-state index is 12.6. The summed E-state index contributed by atoms with van der Waals surface area (Å²) in [5, 5.41) is 6.55. The average Bonchev–Trinajstić information content (AvgIpc) is 2.71. The van der Waals surface area contributed by atoms with Crippen LogP contribution in [0.5, 0.6) is 5.88 Å². The number of ether oxygens (including phenoxy) is 1. The Morgan fingerprint density at radius 2 is 1.60 bits per heavy atom. The van der Waals surface area contributed by atoms with E-state index in [1.807, 2.05) is 32.0 Å². The number of nitrogens with zero attached hydrogens (tertiary/aromatic N) is 2. The van der Waals surface area contributed by atoms with Crippen LogP contribution < -0.4 is 20.1 Å². The number of hydrogen-bond donors (Lipinski definition) is 3. The minimum absolute atomic E-state index is 0.0821. The Kier molecular flexibility index (Phi) is 6.48. The van der Waals surface area contributed by atoms with Crippen LogP contribution in [0, 0.1) is 13.8 Å². The second kappa shape index (κ2) is 9.06. The lowest BCUT2D eigenvalue weighted by molar-refractivity contribution is 0.397. The lowest BCUT2D eigenvalue weighted by Crippen LogP contribution is -2.19. The van der Waals surface area contributed by atoms with Crippen molar-refractivity contribution < 1.29 is 13.2 Å². The van der Waals surface area contributed by atoms with Crippen LogP contribution in [0.15, 0.2) is 59.8 Å². The second-order valence-corrected chi connectivity index (χ2v) is 8.54. The van der Waals surface area contributed by atoms with Crippen molar-refractivity contribution in [3.63, 3.8) is 0 Å². The van der Waals surface area contributed by atoms with Crippen molar-refractivity contribution in [1.29, 1.82) is 0 Å². The first kappa shape index (κ1) is 21.5. The predicted molar refractivity (Wildman–Crippen MR) is 122 cm³/mol. The molecule has 0 bridgehead atoms. The van der Waals surface area contributed by atoms with E-state index in [2.05, 4.69) is 25.3 Å². The van der Waals surface area contributed by atoms with Crippen molar-refractivity contribution >= 4 is 44.5 Å². The topological polar surface area (TPSA) is 105 Å². The number of thiocarbonyl (C=S) groups is 1. The van der Waals surface area contributed by atoms with E-state index < -0.39 is 10.0 Å². The molecule has 30 heavy (non-hydrogen) atoms. The van der Waals surface area contributed by atoms with E-state index in [-0.39, 0.29) is 16.6 Å². The molecule has 0 aliphatic heterocycles. The highest BCUT2D eigenvalue weighted by molar-refractivity contribution is 7.92. The van der Waals surface area contributed by atoms with Gasteiger partial charge in [0.2, 0.25) is 5.88 Å². The van der Waals surface area contributed by atoms with Crippen LogP contribution in [0.25, 0.3) is 0 Å². The summed E-state index contributed by atoms with van der Waals surface area (Å²) < 4.78 is 32.5. The van der Waals surface area contributed by atoms with Crippen molar-refractivity contribution in [2.24, 2.45) is 0 Å². The summed E-state index contributed by atoms with van der Waals surface area (Å²) in [7, 11) is -2.38. The molecule has 0 atom stereocenters. The Labute approximate surface area is 180 Å². The molecule has 0 aliphatic carbocycles. The van der Waals surface area contributed by atoms with E-state index >= 15 is 0 Å². The quantitative estimate of drug-likeness (QED) is 0.495. The Morgan fingerprint density at radius 1 is 0.933 bits per heavy atom. The highest BCUT2D eigenvalue weighted by Gasteiger charge is 2.15. The largest absolute Gasteiger partial charge is 0.481 e. The molecule has 0 amide bonds. The van der Waals surface area contributed by atoms with Crippen molar-refractivity contribution in [2.75, 3.05) is 22.5 Å². The van der Waals surface area contributed by atoms with Gasteiger partial charge in [-0.2, -0.15) is 0 Å². The zero-order valence-electron chi connectivity index (χ0n) is 16.6. The molecule has 0 aliphatic rings. The SMILES string of the molecule is COc1cc(NS(=O)(=O)c2ccc(NC(=S)Nc3ccc(C)c(C)c3)cc2)ncn1.